The Balaban J connectivity index is 2.40. The quantitative estimate of drug-likeness (QED) is 0.748. The summed E-state index contributed by atoms with van der Waals surface area (Å²) in [5.41, 5.74) is 5.63. The number of amides is 1. The van der Waals surface area contributed by atoms with Gasteiger partial charge in [-0.3, -0.25) is 4.79 Å². The maximum absolute atomic E-state index is 11.9. The summed E-state index contributed by atoms with van der Waals surface area (Å²) in [6, 6.07) is 5.54. The lowest BCUT2D eigenvalue weighted by Gasteiger charge is -2.10. The molecule has 112 valence electrons. The van der Waals surface area contributed by atoms with Crippen molar-refractivity contribution in [3.63, 3.8) is 0 Å². The SMILES string of the molecule is NCCOCC(=O)Nc1ccc(OCC(F)(F)F)cc1. The molecule has 5 nitrogen and oxygen atoms in total. The Morgan fingerprint density at radius 1 is 1.25 bits per heavy atom. The molecule has 0 atom stereocenters. The van der Waals surface area contributed by atoms with Gasteiger partial charge in [0.1, 0.15) is 12.4 Å². The lowest BCUT2D eigenvalue weighted by molar-refractivity contribution is -0.153. The summed E-state index contributed by atoms with van der Waals surface area (Å²) >= 11 is 0. The Morgan fingerprint density at radius 2 is 1.90 bits per heavy atom. The van der Waals surface area contributed by atoms with Crippen molar-refractivity contribution in [3.8, 4) is 5.75 Å². The number of carbonyl (C=O) groups is 1. The highest BCUT2D eigenvalue weighted by molar-refractivity contribution is 5.91. The number of benzene rings is 1. The molecule has 0 radical (unpaired) electrons. The minimum absolute atomic E-state index is 0.0692. The number of carbonyl (C=O) groups excluding carboxylic acids is 1. The molecule has 1 amide bonds. The monoisotopic (exact) mass is 292 g/mol. The molecule has 0 fully saturated rings. The van der Waals surface area contributed by atoms with Gasteiger partial charge in [0.05, 0.1) is 6.61 Å². The first-order chi connectivity index (χ1) is 9.40. The Bertz CT molecular complexity index is 421. The Morgan fingerprint density at radius 3 is 2.45 bits per heavy atom. The molecule has 0 spiro atoms. The second-order valence-corrected chi connectivity index (χ2v) is 3.82. The van der Waals surface area contributed by atoms with Crippen molar-refractivity contribution in [1.29, 1.82) is 0 Å². The first-order valence-electron chi connectivity index (χ1n) is 5.78. The van der Waals surface area contributed by atoms with E-state index in [1.165, 1.54) is 24.3 Å². The molecule has 1 aromatic carbocycles. The van der Waals surface area contributed by atoms with Gasteiger partial charge in [0.15, 0.2) is 6.61 Å². The van der Waals surface area contributed by atoms with Gasteiger partial charge >= 0.3 is 6.18 Å². The summed E-state index contributed by atoms with van der Waals surface area (Å²) in [6.07, 6.45) is -4.38. The standard InChI is InChI=1S/C12H15F3N2O3/c13-12(14,15)8-20-10-3-1-9(2-4-10)17-11(18)7-19-6-5-16/h1-4H,5-8,16H2,(H,17,18). The summed E-state index contributed by atoms with van der Waals surface area (Å²) in [6.45, 7) is -0.897. The van der Waals surface area contributed by atoms with Crippen molar-refractivity contribution < 1.29 is 27.4 Å². The summed E-state index contributed by atoms with van der Waals surface area (Å²) in [5.74, 6) is -0.304. The molecule has 20 heavy (non-hydrogen) atoms. The zero-order valence-corrected chi connectivity index (χ0v) is 10.6. The molecule has 0 heterocycles. The number of anilines is 1. The molecule has 0 bridgehead atoms. The third-order valence-corrected chi connectivity index (χ3v) is 2.04. The van der Waals surface area contributed by atoms with Gasteiger partial charge in [-0.05, 0) is 24.3 Å². The average Bonchev–Trinajstić information content (AvgIpc) is 2.37. The molecular formula is C12H15F3N2O3. The smallest absolute Gasteiger partial charge is 0.422 e. The van der Waals surface area contributed by atoms with Crippen LogP contribution in [-0.2, 0) is 9.53 Å². The van der Waals surface area contributed by atoms with E-state index in [1.807, 2.05) is 0 Å². The van der Waals surface area contributed by atoms with E-state index in [4.69, 9.17) is 10.5 Å². The lowest BCUT2D eigenvalue weighted by atomic mass is 10.3. The third kappa shape index (κ3) is 6.95. The normalized spacial score (nSPS) is 11.2. The Labute approximate surface area is 113 Å². The van der Waals surface area contributed by atoms with Crippen LogP contribution in [0.4, 0.5) is 18.9 Å². The van der Waals surface area contributed by atoms with Crippen molar-refractivity contribution in [2.45, 2.75) is 6.18 Å². The summed E-state index contributed by atoms with van der Waals surface area (Å²) < 4.78 is 45.3. The highest BCUT2D eigenvalue weighted by Gasteiger charge is 2.28. The van der Waals surface area contributed by atoms with Crippen LogP contribution >= 0.6 is 0 Å². The van der Waals surface area contributed by atoms with Crippen LogP contribution in [0, 0.1) is 0 Å². The van der Waals surface area contributed by atoms with Gasteiger partial charge in [0.2, 0.25) is 5.91 Å². The highest BCUT2D eigenvalue weighted by Crippen LogP contribution is 2.20. The van der Waals surface area contributed by atoms with Gasteiger partial charge in [-0.1, -0.05) is 0 Å². The van der Waals surface area contributed by atoms with Gasteiger partial charge in [-0.2, -0.15) is 13.2 Å². The molecule has 0 unspecified atom stereocenters. The van der Waals surface area contributed by atoms with Crippen LogP contribution in [0.3, 0.4) is 0 Å². The van der Waals surface area contributed by atoms with Crippen LogP contribution < -0.4 is 15.8 Å². The number of alkyl halides is 3. The van der Waals surface area contributed by atoms with E-state index < -0.39 is 12.8 Å². The minimum Gasteiger partial charge on any atom is -0.484 e. The molecular weight excluding hydrogens is 277 g/mol. The van der Waals surface area contributed by atoms with Gasteiger partial charge in [-0.15, -0.1) is 0 Å². The highest BCUT2D eigenvalue weighted by atomic mass is 19.4. The van der Waals surface area contributed by atoms with Crippen molar-refractivity contribution in [2.24, 2.45) is 5.73 Å². The molecule has 0 saturated heterocycles. The third-order valence-electron chi connectivity index (χ3n) is 2.04. The summed E-state index contributed by atoms with van der Waals surface area (Å²) in [5, 5.41) is 2.52. The summed E-state index contributed by atoms with van der Waals surface area (Å²) in [4.78, 5) is 11.4. The molecule has 1 aromatic rings. The first-order valence-corrected chi connectivity index (χ1v) is 5.78. The number of ether oxygens (including phenoxy) is 2. The van der Waals surface area contributed by atoms with E-state index in [-0.39, 0.29) is 24.9 Å². The van der Waals surface area contributed by atoms with E-state index >= 15 is 0 Å². The van der Waals surface area contributed by atoms with Crippen molar-refractivity contribution in [3.05, 3.63) is 24.3 Å². The fourth-order valence-corrected chi connectivity index (χ4v) is 1.24. The second-order valence-electron chi connectivity index (χ2n) is 3.82. The topological polar surface area (TPSA) is 73.6 Å². The van der Waals surface area contributed by atoms with Crippen LogP contribution in [-0.4, -0.2) is 38.4 Å². The zero-order valence-electron chi connectivity index (χ0n) is 10.6. The van der Waals surface area contributed by atoms with Crippen LogP contribution in [0.25, 0.3) is 0 Å². The van der Waals surface area contributed by atoms with Crippen LogP contribution in [0.1, 0.15) is 0 Å². The van der Waals surface area contributed by atoms with E-state index in [2.05, 4.69) is 10.1 Å². The number of rotatable bonds is 7. The van der Waals surface area contributed by atoms with Gasteiger partial charge in [0.25, 0.3) is 0 Å². The van der Waals surface area contributed by atoms with Crippen molar-refractivity contribution in [2.75, 3.05) is 31.7 Å². The maximum Gasteiger partial charge on any atom is 0.422 e. The second kappa shape index (κ2) is 7.71. The largest absolute Gasteiger partial charge is 0.484 e. The van der Waals surface area contributed by atoms with E-state index in [9.17, 15) is 18.0 Å². The molecule has 0 aliphatic rings. The maximum atomic E-state index is 11.9. The molecule has 0 aromatic heterocycles. The lowest BCUT2D eigenvalue weighted by Crippen LogP contribution is -2.21. The molecule has 1 rings (SSSR count). The molecule has 0 saturated carbocycles. The Kier molecular flexibility index (Phi) is 6.26. The fourth-order valence-electron chi connectivity index (χ4n) is 1.24. The predicted octanol–water partition coefficient (Wildman–Crippen LogP) is 1.54. The number of hydrogen-bond acceptors (Lipinski definition) is 4. The first kappa shape index (κ1) is 16.3. The number of halogens is 3. The van der Waals surface area contributed by atoms with Crippen LogP contribution in [0.15, 0.2) is 24.3 Å². The molecule has 3 N–H and O–H groups in total. The number of hydrogen-bond donors (Lipinski definition) is 2. The summed E-state index contributed by atoms with van der Waals surface area (Å²) in [7, 11) is 0. The Hall–Kier alpha value is -1.80. The number of nitrogens with one attached hydrogen (secondary N) is 1. The van der Waals surface area contributed by atoms with Gasteiger partial charge in [-0.25, -0.2) is 0 Å². The van der Waals surface area contributed by atoms with Crippen molar-refractivity contribution >= 4 is 11.6 Å². The molecule has 8 heteroatoms. The predicted molar refractivity (Wildman–Crippen MR) is 66.5 cm³/mol. The molecule has 0 aliphatic carbocycles. The van der Waals surface area contributed by atoms with Crippen molar-refractivity contribution in [1.82, 2.24) is 0 Å². The van der Waals surface area contributed by atoms with E-state index in [0.717, 1.165) is 0 Å². The van der Waals surface area contributed by atoms with E-state index in [1.54, 1.807) is 0 Å². The van der Waals surface area contributed by atoms with E-state index in [0.29, 0.717) is 12.2 Å². The molecule has 0 aliphatic heterocycles. The number of nitrogens with two attached hydrogens (primary N) is 1. The average molecular weight is 292 g/mol. The minimum atomic E-state index is -4.38. The zero-order chi connectivity index (χ0) is 15.0. The van der Waals surface area contributed by atoms with Crippen LogP contribution in [0.5, 0.6) is 5.75 Å². The van der Waals surface area contributed by atoms with Gasteiger partial charge in [0, 0.05) is 12.2 Å². The van der Waals surface area contributed by atoms with Crippen LogP contribution in [0.2, 0.25) is 0 Å². The fraction of sp³-hybridized carbons (Fsp3) is 0.417. The van der Waals surface area contributed by atoms with Gasteiger partial charge < -0.3 is 20.5 Å².